The molecule has 1 atom stereocenters. The number of hydrogen-bond donors (Lipinski definition) is 1. The summed E-state index contributed by atoms with van der Waals surface area (Å²) in [5, 5.41) is 1.30. The molecule has 0 aliphatic carbocycles. The Bertz CT molecular complexity index is 1040. The van der Waals surface area contributed by atoms with Crippen LogP contribution in [0.3, 0.4) is 0 Å². The molecule has 2 aromatic carbocycles. The van der Waals surface area contributed by atoms with Gasteiger partial charge in [-0.3, -0.25) is 15.2 Å². The molecule has 32 heavy (non-hydrogen) atoms. The highest BCUT2D eigenvalue weighted by Crippen LogP contribution is 2.41. The fourth-order valence-corrected chi connectivity index (χ4v) is 3.94. The maximum absolute atomic E-state index is 13.7. The fourth-order valence-electron chi connectivity index (χ4n) is 2.70. The summed E-state index contributed by atoms with van der Waals surface area (Å²) in [5.41, 5.74) is 3.25. The summed E-state index contributed by atoms with van der Waals surface area (Å²) in [6.07, 6.45) is -1.71. The van der Waals surface area contributed by atoms with E-state index in [9.17, 15) is 18.0 Å². The van der Waals surface area contributed by atoms with Gasteiger partial charge in [0.05, 0.1) is 31.5 Å². The molecule has 1 amide bonds. The van der Waals surface area contributed by atoms with Crippen LogP contribution < -0.4 is 5.43 Å². The van der Waals surface area contributed by atoms with Gasteiger partial charge in [0.2, 0.25) is 0 Å². The van der Waals surface area contributed by atoms with Crippen LogP contribution in [0.4, 0.5) is 13.2 Å². The number of halogens is 7. The normalized spacial score (nSPS) is 12.7. The first kappa shape index (κ1) is 26.9. The molecule has 0 spiro atoms. The molecule has 1 unspecified atom stereocenters. The van der Waals surface area contributed by atoms with Crippen LogP contribution in [0, 0.1) is 0 Å². The highest BCUT2D eigenvalue weighted by molar-refractivity contribution is 9.10. The van der Waals surface area contributed by atoms with Gasteiger partial charge in [-0.2, -0.15) is 13.2 Å². The Kier molecular flexibility index (Phi) is 9.43. The first-order valence-electron chi connectivity index (χ1n) is 9.11. The average Bonchev–Trinajstić information content (AvgIpc) is 2.70. The molecule has 11 heteroatoms. The average molecular weight is 589 g/mol. The largest absolute Gasteiger partial charge is 0.399 e. The highest BCUT2D eigenvalue weighted by Gasteiger charge is 2.39. The molecule has 0 aliphatic heterocycles. The van der Waals surface area contributed by atoms with Crippen LogP contribution in [0.1, 0.15) is 40.7 Å². The number of allylic oxidation sites excluding steroid dienone is 1. The van der Waals surface area contributed by atoms with Crippen LogP contribution in [-0.2, 0) is 0 Å². The van der Waals surface area contributed by atoms with Crippen LogP contribution in [0.5, 0.6) is 0 Å². The van der Waals surface area contributed by atoms with E-state index in [-0.39, 0.29) is 20.6 Å². The van der Waals surface area contributed by atoms with Crippen molar-refractivity contribution < 1.29 is 18.0 Å². The van der Waals surface area contributed by atoms with E-state index in [1.807, 2.05) is 6.92 Å². The second-order valence-corrected chi connectivity index (χ2v) is 9.18. The number of carbonyl (C=O) groups excluding carboxylic acids is 1. The summed E-state index contributed by atoms with van der Waals surface area (Å²) < 4.78 is 41.5. The molecular formula is C21H17BrCl3F3N2OS. The van der Waals surface area contributed by atoms with Crippen LogP contribution >= 0.6 is 63.0 Å². The monoisotopic (exact) mass is 586 g/mol. The minimum absolute atomic E-state index is 0.00914. The zero-order chi connectivity index (χ0) is 24.2. The molecule has 0 saturated carbocycles. The Hall–Kier alpha value is -1.32. The molecule has 172 valence electrons. The Morgan fingerprint density at radius 1 is 1.22 bits per heavy atom. The first-order chi connectivity index (χ1) is 14.8. The van der Waals surface area contributed by atoms with Gasteiger partial charge in [0.15, 0.2) is 0 Å². The van der Waals surface area contributed by atoms with Crippen LogP contribution in [0.2, 0.25) is 15.1 Å². The van der Waals surface area contributed by atoms with E-state index in [0.717, 1.165) is 18.2 Å². The molecule has 0 fully saturated rings. The maximum Gasteiger partial charge on any atom is 0.399 e. The van der Waals surface area contributed by atoms with E-state index in [0.29, 0.717) is 27.0 Å². The van der Waals surface area contributed by atoms with Crippen molar-refractivity contribution >= 4 is 79.9 Å². The molecule has 0 saturated heterocycles. The van der Waals surface area contributed by atoms with E-state index >= 15 is 0 Å². The molecule has 2 rings (SSSR count). The molecule has 3 nitrogen and oxygen atoms in total. The smallest absolute Gasteiger partial charge is 0.282 e. The van der Waals surface area contributed by atoms with E-state index in [1.165, 1.54) is 23.2 Å². The minimum Gasteiger partial charge on any atom is -0.282 e. The van der Waals surface area contributed by atoms with Gasteiger partial charge in [-0.15, -0.1) is 0 Å². The van der Waals surface area contributed by atoms with Gasteiger partial charge in [-0.05, 0) is 57.7 Å². The molecule has 0 aliphatic rings. The lowest BCUT2D eigenvalue weighted by atomic mass is 9.97. The van der Waals surface area contributed by atoms with Crippen molar-refractivity contribution in [3.8, 4) is 0 Å². The van der Waals surface area contributed by atoms with Crippen LogP contribution in [-0.4, -0.2) is 29.1 Å². The van der Waals surface area contributed by atoms with E-state index in [2.05, 4.69) is 21.4 Å². The Balaban J connectivity index is 2.30. The molecule has 0 bridgehead atoms. The van der Waals surface area contributed by atoms with Crippen molar-refractivity contribution in [1.29, 1.82) is 0 Å². The number of nitrogens with zero attached hydrogens (tertiary/aromatic N) is 1. The standard InChI is InChI=1S/C21H17BrCl3F3N2OS/c1-3-18(32)30(2)29-20(31)13-6-4-11(8-15(13)22)5-7-14(21(26,27)28)12-9-16(23)19(25)17(24)10-12/h4-10,14H,3H2,1-2H3,(H,29,31). The van der Waals surface area contributed by atoms with Gasteiger partial charge in [-0.25, -0.2) is 0 Å². The number of amides is 1. The molecule has 0 aromatic heterocycles. The Morgan fingerprint density at radius 3 is 2.31 bits per heavy atom. The molecule has 0 heterocycles. The third-order valence-electron chi connectivity index (χ3n) is 4.38. The van der Waals surface area contributed by atoms with Crippen molar-refractivity contribution in [2.45, 2.75) is 25.4 Å². The van der Waals surface area contributed by atoms with Crippen molar-refractivity contribution in [3.63, 3.8) is 0 Å². The van der Waals surface area contributed by atoms with Gasteiger partial charge >= 0.3 is 6.18 Å². The van der Waals surface area contributed by atoms with Crippen molar-refractivity contribution in [1.82, 2.24) is 10.4 Å². The molecule has 2 aromatic rings. The molecule has 1 N–H and O–H groups in total. The number of rotatable bonds is 5. The number of alkyl halides is 3. The summed E-state index contributed by atoms with van der Waals surface area (Å²) >= 11 is 26.1. The Labute approximate surface area is 212 Å². The summed E-state index contributed by atoms with van der Waals surface area (Å²) in [6, 6.07) is 6.85. The summed E-state index contributed by atoms with van der Waals surface area (Å²) in [7, 11) is 1.63. The second kappa shape index (κ2) is 11.2. The number of benzene rings is 2. The number of nitrogens with one attached hydrogen (secondary N) is 1. The van der Waals surface area contributed by atoms with Crippen molar-refractivity contribution in [3.05, 3.63) is 72.6 Å². The predicted molar refractivity (Wildman–Crippen MR) is 132 cm³/mol. The van der Waals surface area contributed by atoms with E-state index in [1.54, 1.807) is 13.1 Å². The zero-order valence-corrected chi connectivity index (χ0v) is 21.4. The van der Waals surface area contributed by atoms with Gasteiger partial charge in [0, 0.05) is 11.5 Å². The third-order valence-corrected chi connectivity index (χ3v) is 6.80. The molecular weight excluding hydrogens is 572 g/mol. The number of hydrogen-bond acceptors (Lipinski definition) is 2. The van der Waals surface area contributed by atoms with E-state index < -0.39 is 18.0 Å². The number of hydrazine groups is 1. The lowest BCUT2D eigenvalue weighted by Gasteiger charge is -2.20. The number of carbonyl (C=O) groups is 1. The SMILES string of the molecule is CCC(=S)N(C)NC(=O)c1ccc(C=CC(c2cc(Cl)c(Cl)c(Cl)c2)C(F)(F)F)cc1Br. The van der Waals surface area contributed by atoms with E-state index in [4.69, 9.17) is 47.0 Å². The lowest BCUT2D eigenvalue weighted by Crippen LogP contribution is -2.42. The summed E-state index contributed by atoms with van der Waals surface area (Å²) in [6.45, 7) is 1.86. The van der Waals surface area contributed by atoms with Crippen molar-refractivity contribution in [2.24, 2.45) is 0 Å². The zero-order valence-electron chi connectivity index (χ0n) is 16.7. The summed E-state index contributed by atoms with van der Waals surface area (Å²) in [5.74, 6) is -2.37. The summed E-state index contributed by atoms with van der Waals surface area (Å²) in [4.78, 5) is 13.0. The Morgan fingerprint density at radius 2 is 1.81 bits per heavy atom. The highest BCUT2D eigenvalue weighted by atomic mass is 79.9. The number of thiocarbonyl (C=S) groups is 1. The topological polar surface area (TPSA) is 32.3 Å². The van der Waals surface area contributed by atoms with Gasteiger partial charge in [-0.1, -0.05) is 72.2 Å². The second-order valence-electron chi connectivity index (χ2n) is 6.66. The van der Waals surface area contributed by atoms with Crippen LogP contribution in [0.15, 0.2) is 40.9 Å². The minimum atomic E-state index is -4.59. The molecule has 0 radical (unpaired) electrons. The van der Waals surface area contributed by atoms with Crippen LogP contribution in [0.25, 0.3) is 6.08 Å². The van der Waals surface area contributed by atoms with Gasteiger partial charge in [0.1, 0.15) is 0 Å². The van der Waals surface area contributed by atoms with Crippen molar-refractivity contribution in [2.75, 3.05) is 7.05 Å². The maximum atomic E-state index is 13.7. The predicted octanol–water partition coefficient (Wildman–Crippen LogP) is 8.08. The first-order valence-corrected chi connectivity index (χ1v) is 11.4. The fraction of sp³-hybridized carbons (Fsp3) is 0.238. The van der Waals surface area contributed by atoms with Gasteiger partial charge in [0.25, 0.3) is 5.91 Å². The van der Waals surface area contributed by atoms with Gasteiger partial charge < -0.3 is 0 Å². The third kappa shape index (κ3) is 6.84. The lowest BCUT2D eigenvalue weighted by molar-refractivity contribution is -0.139. The quantitative estimate of drug-likeness (QED) is 0.218.